The van der Waals surface area contributed by atoms with Crippen molar-refractivity contribution in [2.75, 3.05) is 6.61 Å². The number of ether oxygens (including phenoxy) is 1. The molecule has 1 N–H and O–H groups in total. The van der Waals surface area contributed by atoms with Gasteiger partial charge in [-0.1, -0.05) is 30.3 Å². The Morgan fingerprint density at radius 3 is 2.59 bits per heavy atom. The fraction of sp³-hybridized carbons (Fsp3) is 0.300. The fourth-order valence-corrected chi connectivity index (χ4v) is 3.85. The van der Waals surface area contributed by atoms with Crippen molar-refractivity contribution in [2.24, 2.45) is 0 Å². The predicted octanol–water partition coefficient (Wildman–Crippen LogP) is 4.32. The Morgan fingerprint density at radius 1 is 1.24 bits per heavy atom. The number of cyclic esters (lactones) is 1. The first-order valence-corrected chi connectivity index (χ1v) is 9.82. The van der Waals surface area contributed by atoms with E-state index in [4.69, 9.17) is 4.74 Å². The van der Waals surface area contributed by atoms with Crippen LogP contribution in [0, 0.1) is 3.57 Å². The summed E-state index contributed by atoms with van der Waals surface area (Å²) in [6.45, 7) is 0.0245. The van der Waals surface area contributed by atoms with Crippen LogP contribution in [0.5, 0.6) is 0 Å². The van der Waals surface area contributed by atoms with Gasteiger partial charge in [-0.05, 0) is 58.3 Å². The van der Waals surface area contributed by atoms with E-state index < -0.39 is 42.3 Å². The number of hydrogen-bond donors (Lipinski definition) is 1. The smallest absolute Gasteiger partial charge is 0.416 e. The minimum absolute atomic E-state index is 0.0130. The molecule has 0 unspecified atom stereocenters. The summed E-state index contributed by atoms with van der Waals surface area (Å²) in [5.74, 6) is -0.700. The molecule has 1 fully saturated rings. The maximum absolute atomic E-state index is 13.0. The van der Waals surface area contributed by atoms with E-state index in [0.717, 1.165) is 22.6 Å². The Hall–Kier alpha value is -2.14. The third kappa shape index (κ3) is 5.08. The van der Waals surface area contributed by atoms with E-state index in [1.165, 1.54) is 6.07 Å². The monoisotopic (exact) mass is 519 g/mol. The normalized spacial score (nSPS) is 17.9. The summed E-state index contributed by atoms with van der Waals surface area (Å²) in [5, 5.41) is 10.4. The molecule has 2 aromatic rings. The summed E-state index contributed by atoms with van der Waals surface area (Å²) < 4.78 is 44.3. The number of alkyl halides is 3. The zero-order valence-corrected chi connectivity index (χ0v) is 17.2. The van der Waals surface area contributed by atoms with E-state index in [-0.39, 0.29) is 12.2 Å². The van der Waals surface area contributed by atoms with E-state index >= 15 is 0 Å². The Balaban J connectivity index is 1.75. The number of carbonyl (C=O) groups excluding carboxylic acids is 2. The maximum atomic E-state index is 13.0. The van der Waals surface area contributed by atoms with Crippen molar-refractivity contribution >= 4 is 34.6 Å². The Kier molecular flexibility index (Phi) is 6.47. The van der Waals surface area contributed by atoms with E-state index in [2.05, 4.69) is 0 Å². The molecular formula is C20H17F3INO4. The number of imide groups is 1. The SMILES string of the molecule is O=C(C[C@H](O)c1cc(C(F)(F)F)ccc1I)N1C(=O)OC[C@@H]1Cc1ccccc1. The summed E-state index contributed by atoms with van der Waals surface area (Å²) >= 11 is 1.79. The van der Waals surface area contributed by atoms with Crippen LogP contribution in [-0.2, 0) is 22.1 Å². The van der Waals surface area contributed by atoms with Gasteiger partial charge in [0.1, 0.15) is 6.61 Å². The molecule has 2 aromatic carbocycles. The molecule has 2 atom stereocenters. The van der Waals surface area contributed by atoms with Crippen LogP contribution in [0.3, 0.4) is 0 Å². The maximum Gasteiger partial charge on any atom is 0.416 e. The number of benzene rings is 2. The van der Waals surface area contributed by atoms with Crippen molar-refractivity contribution in [1.29, 1.82) is 0 Å². The van der Waals surface area contributed by atoms with E-state index in [1.807, 2.05) is 30.3 Å². The van der Waals surface area contributed by atoms with Crippen molar-refractivity contribution in [3.05, 3.63) is 68.8 Å². The van der Waals surface area contributed by atoms with Gasteiger partial charge in [-0.2, -0.15) is 13.2 Å². The molecule has 0 aromatic heterocycles. The molecule has 29 heavy (non-hydrogen) atoms. The van der Waals surface area contributed by atoms with Crippen molar-refractivity contribution in [1.82, 2.24) is 4.90 Å². The quantitative estimate of drug-likeness (QED) is 0.598. The molecular weight excluding hydrogens is 502 g/mol. The van der Waals surface area contributed by atoms with Gasteiger partial charge < -0.3 is 9.84 Å². The fourth-order valence-electron chi connectivity index (χ4n) is 3.15. The van der Waals surface area contributed by atoms with Crippen LogP contribution in [0.15, 0.2) is 48.5 Å². The highest BCUT2D eigenvalue weighted by atomic mass is 127. The van der Waals surface area contributed by atoms with Gasteiger partial charge in [-0.15, -0.1) is 0 Å². The summed E-state index contributed by atoms with van der Waals surface area (Å²) in [5.41, 5.74) is -0.0236. The number of rotatable bonds is 5. The van der Waals surface area contributed by atoms with Gasteiger partial charge in [0.25, 0.3) is 0 Å². The number of aliphatic hydroxyl groups is 1. The number of amides is 2. The topological polar surface area (TPSA) is 66.8 Å². The van der Waals surface area contributed by atoms with Crippen molar-refractivity contribution in [3.63, 3.8) is 0 Å². The molecule has 154 valence electrons. The van der Waals surface area contributed by atoms with Crippen molar-refractivity contribution < 1.29 is 32.6 Å². The van der Waals surface area contributed by atoms with Crippen LogP contribution in [0.4, 0.5) is 18.0 Å². The molecule has 2 amide bonds. The van der Waals surface area contributed by atoms with Crippen LogP contribution in [0.1, 0.15) is 29.2 Å². The lowest BCUT2D eigenvalue weighted by molar-refractivity contribution is -0.137. The predicted molar refractivity (Wildman–Crippen MR) is 106 cm³/mol. The number of halogens is 4. The number of hydrogen-bond acceptors (Lipinski definition) is 4. The molecule has 0 saturated carbocycles. The molecule has 5 nitrogen and oxygen atoms in total. The van der Waals surface area contributed by atoms with Gasteiger partial charge in [0.2, 0.25) is 5.91 Å². The summed E-state index contributed by atoms with van der Waals surface area (Å²) in [6.07, 6.45) is -7.01. The zero-order valence-electron chi connectivity index (χ0n) is 15.0. The third-order valence-electron chi connectivity index (χ3n) is 4.59. The first-order valence-electron chi connectivity index (χ1n) is 8.74. The van der Waals surface area contributed by atoms with Crippen molar-refractivity contribution in [2.45, 2.75) is 31.2 Å². The summed E-state index contributed by atoms with van der Waals surface area (Å²) in [6, 6.07) is 11.6. The molecule has 0 aliphatic carbocycles. The number of aliphatic hydroxyl groups excluding tert-OH is 1. The zero-order chi connectivity index (χ0) is 21.2. The Bertz CT molecular complexity index is 904. The molecule has 1 saturated heterocycles. The molecule has 1 aliphatic rings. The summed E-state index contributed by atoms with van der Waals surface area (Å²) in [4.78, 5) is 25.7. The minimum atomic E-state index is -4.57. The van der Waals surface area contributed by atoms with Gasteiger partial charge in [0.05, 0.1) is 24.1 Å². The highest BCUT2D eigenvalue weighted by molar-refractivity contribution is 14.1. The molecule has 0 radical (unpaired) electrons. The highest BCUT2D eigenvalue weighted by Gasteiger charge is 2.39. The largest absolute Gasteiger partial charge is 0.447 e. The van der Waals surface area contributed by atoms with Crippen molar-refractivity contribution in [3.8, 4) is 0 Å². The second-order valence-corrected chi connectivity index (χ2v) is 7.80. The Labute approximate surface area is 178 Å². The first kappa shape index (κ1) is 21.6. The molecule has 1 aliphatic heterocycles. The summed E-state index contributed by atoms with van der Waals surface area (Å²) in [7, 11) is 0. The van der Waals surface area contributed by atoms with Crippen LogP contribution in [0.2, 0.25) is 0 Å². The number of carbonyl (C=O) groups is 2. The highest BCUT2D eigenvalue weighted by Crippen LogP contribution is 2.34. The lowest BCUT2D eigenvalue weighted by atomic mass is 10.0. The molecule has 3 rings (SSSR count). The third-order valence-corrected chi connectivity index (χ3v) is 5.58. The van der Waals surface area contributed by atoms with Gasteiger partial charge in [0.15, 0.2) is 0 Å². The van der Waals surface area contributed by atoms with Gasteiger partial charge >= 0.3 is 12.3 Å². The Morgan fingerprint density at radius 2 is 1.93 bits per heavy atom. The molecule has 0 bridgehead atoms. The average molecular weight is 519 g/mol. The first-order chi connectivity index (χ1) is 13.7. The van der Waals surface area contributed by atoms with Crippen LogP contribution in [0.25, 0.3) is 0 Å². The van der Waals surface area contributed by atoms with E-state index in [1.54, 1.807) is 22.6 Å². The van der Waals surface area contributed by atoms with Gasteiger partial charge in [0, 0.05) is 3.57 Å². The average Bonchev–Trinajstić information content (AvgIpc) is 3.02. The lowest BCUT2D eigenvalue weighted by Crippen LogP contribution is -2.40. The van der Waals surface area contributed by atoms with Gasteiger partial charge in [-0.3, -0.25) is 4.79 Å². The molecule has 9 heteroatoms. The van der Waals surface area contributed by atoms with Gasteiger partial charge in [-0.25, -0.2) is 9.69 Å². The van der Waals surface area contributed by atoms with Crippen LogP contribution >= 0.6 is 22.6 Å². The second-order valence-electron chi connectivity index (χ2n) is 6.64. The lowest BCUT2D eigenvalue weighted by Gasteiger charge is -2.22. The second kappa shape index (κ2) is 8.70. The standard InChI is InChI=1S/C20H17F3INO4/c21-20(22,23)13-6-7-16(24)15(9-13)17(26)10-18(27)25-14(11-29-19(25)28)8-12-4-2-1-3-5-12/h1-7,9,14,17,26H,8,10-11H2/t14-,17-/m0/s1. The minimum Gasteiger partial charge on any atom is -0.447 e. The van der Waals surface area contributed by atoms with Crippen LogP contribution in [-0.4, -0.2) is 34.7 Å². The van der Waals surface area contributed by atoms with E-state index in [0.29, 0.717) is 9.99 Å². The number of nitrogens with zero attached hydrogens (tertiary/aromatic N) is 1. The molecule has 0 spiro atoms. The molecule has 1 heterocycles. The van der Waals surface area contributed by atoms with Crippen LogP contribution < -0.4 is 0 Å². The van der Waals surface area contributed by atoms with E-state index in [9.17, 15) is 27.9 Å².